The molecule has 8 heteroatoms. The van der Waals surface area contributed by atoms with Gasteiger partial charge >= 0.3 is 5.97 Å². The Balaban J connectivity index is 1.87. The minimum atomic E-state index is -0.823. The number of hydrogen-bond donors (Lipinski definition) is 3. The summed E-state index contributed by atoms with van der Waals surface area (Å²) in [6.07, 6.45) is 1.90. The highest BCUT2D eigenvalue weighted by Crippen LogP contribution is 2.31. The summed E-state index contributed by atoms with van der Waals surface area (Å²) in [5, 5.41) is 27.1. The van der Waals surface area contributed by atoms with Crippen LogP contribution in [0.4, 0.5) is 0 Å². The number of benzene rings is 1. The number of fused-ring (bicyclic) bond motifs is 1. The summed E-state index contributed by atoms with van der Waals surface area (Å²) in [6, 6.07) is 6.02. The first kappa shape index (κ1) is 17.3. The molecular weight excluding hydrogens is 322 g/mol. The van der Waals surface area contributed by atoms with Gasteiger partial charge in [0.1, 0.15) is 12.4 Å². The largest absolute Gasteiger partial charge is 0.492 e. The molecule has 8 nitrogen and oxygen atoms in total. The van der Waals surface area contributed by atoms with Gasteiger partial charge in [-0.1, -0.05) is 30.7 Å². The van der Waals surface area contributed by atoms with E-state index < -0.39 is 11.9 Å². The van der Waals surface area contributed by atoms with Crippen molar-refractivity contribution in [1.29, 1.82) is 0 Å². The SMILES string of the molecule is CCC[C@H](C(=O)O)[C@H](Cc1ccc2c(c1)CNCCO2)c1nn[nH]n1. The van der Waals surface area contributed by atoms with Crippen molar-refractivity contribution in [3.05, 3.63) is 35.2 Å². The molecule has 0 radical (unpaired) electrons. The Bertz CT molecular complexity index is 704. The number of tetrazole rings is 1. The number of hydrogen-bond acceptors (Lipinski definition) is 6. The van der Waals surface area contributed by atoms with Gasteiger partial charge < -0.3 is 15.2 Å². The number of H-pyrrole nitrogens is 1. The average molecular weight is 345 g/mol. The first-order chi connectivity index (χ1) is 12.2. The number of carbonyl (C=O) groups is 1. The van der Waals surface area contributed by atoms with E-state index in [4.69, 9.17) is 4.74 Å². The summed E-state index contributed by atoms with van der Waals surface area (Å²) in [5.74, 6) is -0.362. The fraction of sp³-hybridized carbons (Fsp3) is 0.529. The molecule has 1 aliphatic rings. The molecule has 2 aromatic rings. The van der Waals surface area contributed by atoms with Crippen molar-refractivity contribution < 1.29 is 14.6 Å². The maximum Gasteiger partial charge on any atom is 0.307 e. The van der Waals surface area contributed by atoms with Crippen molar-refractivity contribution in [2.45, 2.75) is 38.6 Å². The van der Waals surface area contributed by atoms with Crippen LogP contribution in [0.2, 0.25) is 0 Å². The summed E-state index contributed by atoms with van der Waals surface area (Å²) < 4.78 is 5.71. The molecule has 0 aliphatic carbocycles. The number of carboxylic acid groups (broad SMARTS) is 1. The van der Waals surface area contributed by atoms with Crippen LogP contribution in [-0.4, -0.2) is 44.9 Å². The molecule has 0 amide bonds. The fourth-order valence-corrected chi connectivity index (χ4v) is 3.30. The second-order valence-electron chi connectivity index (χ2n) is 6.28. The standard InChI is InChI=1S/C17H23N5O3/c1-2-3-13(17(23)24)14(16-19-21-22-20-16)9-11-4-5-15-12(8-11)10-18-6-7-25-15/h4-5,8,13-14,18H,2-3,6-7,9-10H2,1H3,(H,23,24)(H,19,20,21,22)/t13-,14-/m0/s1. The Kier molecular flexibility index (Phi) is 5.60. The zero-order valence-electron chi connectivity index (χ0n) is 14.2. The molecule has 1 aromatic carbocycles. The van der Waals surface area contributed by atoms with E-state index in [0.717, 1.165) is 36.4 Å². The van der Waals surface area contributed by atoms with Crippen LogP contribution in [0.1, 0.15) is 42.6 Å². The van der Waals surface area contributed by atoms with Crippen LogP contribution in [0, 0.1) is 5.92 Å². The first-order valence-corrected chi connectivity index (χ1v) is 8.60. The van der Waals surface area contributed by atoms with Crippen LogP contribution in [-0.2, 0) is 17.8 Å². The quantitative estimate of drug-likeness (QED) is 0.697. The lowest BCUT2D eigenvalue weighted by atomic mass is 9.83. The van der Waals surface area contributed by atoms with Crippen molar-refractivity contribution in [2.24, 2.45) is 5.92 Å². The van der Waals surface area contributed by atoms with Gasteiger partial charge in [-0.25, -0.2) is 0 Å². The van der Waals surface area contributed by atoms with Crippen LogP contribution < -0.4 is 10.1 Å². The maximum absolute atomic E-state index is 11.8. The van der Waals surface area contributed by atoms with Crippen LogP contribution in [0.25, 0.3) is 0 Å². The van der Waals surface area contributed by atoms with Gasteiger partial charge in [-0.05, 0) is 24.5 Å². The molecule has 134 valence electrons. The van der Waals surface area contributed by atoms with E-state index >= 15 is 0 Å². The predicted molar refractivity (Wildman–Crippen MR) is 90.3 cm³/mol. The molecule has 0 saturated heterocycles. The molecule has 0 unspecified atom stereocenters. The Hall–Kier alpha value is -2.48. The van der Waals surface area contributed by atoms with E-state index in [2.05, 4.69) is 32.0 Å². The number of aromatic amines is 1. The average Bonchev–Trinajstić information content (AvgIpc) is 3.03. The van der Waals surface area contributed by atoms with E-state index in [1.165, 1.54) is 0 Å². The van der Waals surface area contributed by atoms with Crippen LogP contribution in [0.5, 0.6) is 5.75 Å². The molecule has 3 rings (SSSR count). The Morgan fingerprint density at radius 3 is 3.04 bits per heavy atom. The van der Waals surface area contributed by atoms with Gasteiger partial charge in [0.25, 0.3) is 0 Å². The normalized spacial score (nSPS) is 16.4. The van der Waals surface area contributed by atoms with Crippen LogP contribution in [0.15, 0.2) is 18.2 Å². The highest BCUT2D eigenvalue weighted by molar-refractivity contribution is 5.71. The highest BCUT2D eigenvalue weighted by Gasteiger charge is 2.32. The van der Waals surface area contributed by atoms with Crippen LogP contribution in [0.3, 0.4) is 0 Å². The van der Waals surface area contributed by atoms with Gasteiger partial charge in [0.15, 0.2) is 5.82 Å². The zero-order valence-corrected chi connectivity index (χ0v) is 14.2. The lowest BCUT2D eigenvalue weighted by Crippen LogP contribution is -2.25. The number of aliphatic carboxylic acids is 1. The fourth-order valence-electron chi connectivity index (χ4n) is 3.30. The monoisotopic (exact) mass is 345 g/mol. The lowest BCUT2D eigenvalue weighted by molar-refractivity contribution is -0.142. The Morgan fingerprint density at radius 1 is 1.44 bits per heavy atom. The number of nitrogens with one attached hydrogen (secondary N) is 2. The van der Waals surface area contributed by atoms with Crippen molar-refractivity contribution in [3.63, 3.8) is 0 Å². The van der Waals surface area contributed by atoms with Gasteiger partial charge in [0.05, 0.1) is 5.92 Å². The van der Waals surface area contributed by atoms with Crippen molar-refractivity contribution in [2.75, 3.05) is 13.2 Å². The van der Waals surface area contributed by atoms with E-state index in [0.29, 0.717) is 25.3 Å². The van der Waals surface area contributed by atoms with Crippen molar-refractivity contribution in [1.82, 2.24) is 25.9 Å². The summed E-state index contributed by atoms with van der Waals surface area (Å²) in [4.78, 5) is 11.8. The number of ether oxygens (including phenoxy) is 1. The predicted octanol–water partition coefficient (Wildman–Crippen LogP) is 1.51. The molecule has 2 heterocycles. The molecule has 25 heavy (non-hydrogen) atoms. The van der Waals surface area contributed by atoms with Crippen LogP contribution >= 0.6 is 0 Å². The van der Waals surface area contributed by atoms with Gasteiger partial charge in [-0.2, -0.15) is 5.21 Å². The van der Waals surface area contributed by atoms with Gasteiger partial charge in [-0.15, -0.1) is 10.2 Å². The maximum atomic E-state index is 11.8. The van der Waals surface area contributed by atoms with Crippen molar-refractivity contribution in [3.8, 4) is 5.75 Å². The third-order valence-electron chi connectivity index (χ3n) is 4.53. The summed E-state index contributed by atoms with van der Waals surface area (Å²) >= 11 is 0. The molecule has 1 aliphatic heterocycles. The minimum absolute atomic E-state index is 0.325. The molecule has 1 aromatic heterocycles. The number of carboxylic acids is 1. The molecule has 2 atom stereocenters. The molecule has 0 spiro atoms. The number of rotatable bonds is 7. The second kappa shape index (κ2) is 8.06. The topological polar surface area (TPSA) is 113 Å². The van der Waals surface area contributed by atoms with E-state index in [1.807, 2.05) is 19.1 Å². The van der Waals surface area contributed by atoms with E-state index in [9.17, 15) is 9.90 Å². The summed E-state index contributed by atoms with van der Waals surface area (Å²) in [5.41, 5.74) is 2.13. The third kappa shape index (κ3) is 4.14. The Labute approximate surface area is 146 Å². The smallest absolute Gasteiger partial charge is 0.307 e. The minimum Gasteiger partial charge on any atom is -0.492 e. The summed E-state index contributed by atoms with van der Waals surface area (Å²) in [7, 11) is 0. The molecule has 0 bridgehead atoms. The first-order valence-electron chi connectivity index (χ1n) is 8.60. The van der Waals surface area contributed by atoms with Gasteiger partial charge in [0.2, 0.25) is 0 Å². The second-order valence-corrected chi connectivity index (χ2v) is 6.28. The van der Waals surface area contributed by atoms with Crippen molar-refractivity contribution >= 4 is 5.97 Å². The Morgan fingerprint density at radius 2 is 2.32 bits per heavy atom. The zero-order chi connectivity index (χ0) is 17.6. The molecular formula is C17H23N5O3. The molecule has 0 fully saturated rings. The number of aromatic nitrogens is 4. The van der Waals surface area contributed by atoms with E-state index in [-0.39, 0.29) is 5.92 Å². The summed E-state index contributed by atoms with van der Waals surface area (Å²) in [6.45, 7) is 4.19. The van der Waals surface area contributed by atoms with Gasteiger partial charge in [-0.3, -0.25) is 4.79 Å². The van der Waals surface area contributed by atoms with E-state index in [1.54, 1.807) is 0 Å². The van der Waals surface area contributed by atoms with Gasteiger partial charge in [0, 0.05) is 24.6 Å². The third-order valence-corrected chi connectivity index (χ3v) is 4.53. The highest BCUT2D eigenvalue weighted by atomic mass is 16.5. The molecule has 0 saturated carbocycles. The lowest BCUT2D eigenvalue weighted by Gasteiger charge is -2.21. The number of nitrogens with zero attached hydrogens (tertiary/aromatic N) is 3. The molecule has 3 N–H and O–H groups in total.